The third-order valence-electron chi connectivity index (χ3n) is 3.22. The van der Waals surface area contributed by atoms with E-state index < -0.39 is 0 Å². The van der Waals surface area contributed by atoms with Gasteiger partial charge in [0, 0.05) is 19.7 Å². The molecule has 3 heteroatoms. The molecule has 17 heavy (non-hydrogen) atoms. The molecular formula is C14H20FNO. The molecule has 2 rings (SSSR count). The van der Waals surface area contributed by atoms with Crippen molar-refractivity contribution in [1.82, 2.24) is 5.32 Å². The lowest BCUT2D eigenvalue weighted by molar-refractivity contribution is 0.110. The molecule has 1 aliphatic heterocycles. The molecule has 0 saturated carbocycles. The maximum absolute atomic E-state index is 13.4. The van der Waals surface area contributed by atoms with Gasteiger partial charge in [-0.1, -0.05) is 12.1 Å². The third kappa shape index (κ3) is 3.27. The first-order chi connectivity index (χ1) is 8.16. The summed E-state index contributed by atoms with van der Waals surface area (Å²) in [5, 5.41) is 3.37. The van der Waals surface area contributed by atoms with Crippen molar-refractivity contribution in [2.24, 2.45) is 0 Å². The molecule has 1 saturated heterocycles. The molecule has 1 N–H and O–H groups in total. The zero-order valence-electron chi connectivity index (χ0n) is 10.6. The van der Waals surface area contributed by atoms with Crippen LogP contribution < -0.4 is 5.32 Å². The Bertz CT molecular complexity index is 363. The van der Waals surface area contributed by atoms with E-state index in [1.54, 1.807) is 0 Å². The molecule has 1 atom stereocenters. The van der Waals surface area contributed by atoms with Crippen LogP contribution in [0, 0.1) is 19.7 Å². The van der Waals surface area contributed by atoms with Crippen LogP contribution in [0.15, 0.2) is 12.1 Å². The average Bonchev–Trinajstić information content (AvgIpc) is 2.79. The fourth-order valence-electron chi connectivity index (χ4n) is 2.32. The highest BCUT2D eigenvalue weighted by Crippen LogP contribution is 2.15. The van der Waals surface area contributed by atoms with E-state index in [1.807, 2.05) is 26.0 Å². The van der Waals surface area contributed by atoms with Gasteiger partial charge in [0.2, 0.25) is 0 Å². The van der Waals surface area contributed by atoms with Gasteiger partial charge < -0.3 is 10.1 Å². The van der Waals surface area contributed by atoms with E-state index in [4.69, 9.17) is 4.74 Å². The second-order valence-corrected chi connectivity index (χ2v) is 4.81. The van der Waals surface area contributed by atoms with Crippen LogP contribution in [0.25, 0.3) is 0 Å². The van der Waals surface area contributed by atoms with Crippen LogP contribution in [0.1, 0.15) is 29.5 Å². The second kappa shape index (κ2) is 5.61. The normalized spacial score (nSPS) is 19.8. The lowest BCUT2D eigenvalue weighted by Crippen LogP contribution is -2.25. The lowest BCUT2D eigenvalue weighted by atomic mass is 10.1. The highest BCUT2D eigenvalue weighted by molar-refractivity contribution is 5.30. The standard InChI is InChI=1S/C14H20FNO/c1-10-6-12(7-11(2)14(10)15)8-16-9-13-4-3-5-17-13/h6-7,13,16H,3-5,8-9H2,1-2H3. The number of benzene rings is 1. The molecule has 1 aliphatic rings. The van der Waals surface area contributed by atoms with E-state index in [9.17, 15) is 4.39 Å². The average molecular weight is 237 g/mol. The molecular weight excluding hydrogens is 217 g/mol. The van der Waals surface area contributed by atoms with Crippen molar-refractivity contribution in [2.75, 3.05) is 13.2 Å². The molecule has 0 aromatic heterocycles. The number of hydrogen-bond acceptors (Lipinski definition) is 2. The molecule has 0 spiro atoms. The van der Waals surface area contributed by atoms with Gasteiger partial charge in [0.25, 0.3) is 0 Å². The Morgan fingerprint density at radius 1 is 1.35 bits per heavy atom. The molecule has 1 unspecified atom stereocenters. The van der Waals surface area contributed by atoms with Crippen molar-refractivity contribution in [3.63, 3.8) is 0 Å². The molecule has 1 heterocycles. The number of rotatable bonds is 4. The first-order valence-corrected chi connectivity index (χ1v) is 6.25. The zero-order chi connectivity index (χ0) is 12.3. The van der Waals surface area contributed by atoms with Gasteiger partial charge in [0.1, 0.15) is 5.82 Å². The smallest absolute Gasteiger partial charge is 0.129 e. The Kier molecular flexibility index (Phi) is 4.13. The molecule has 1 aromatic carbocycles. The number of halogens is 1. The first-order valence-electron chi connectivity index (χ1n) is 6.25. The minimum absolute atomic E-state index is 0.0899. The summed E-state index contributed by atoms with van der Waals surface area (Å²) in [6, 6.07) is 3.82. The predicted octanol–water partition coefficient (Wildman–Crippen LogP) is 2.71. The van der Waals surface area contributed by atoms with Gasteiger partial charge in [0.05, 0.1) is 6.10 Å². The van der Waals surface area contributed by atoms with E-state index in [1.165, 1.54) is 6.42 Å². The predicted molar refractivity (Wildman–Crippen MR) is 66.6 cm³/mol. The van der Waals surface area contributed by atoms with Crippen molar-refractivity contribution in [3.05, 3.63) is 34.6 Å². The van der Waals surface area contributed by atoms with Crippen LogP contribution in [-0.4, -0.2) is 19.3 Å². The van der Waals surface area contributed by atoms with Crippen LogP contribution in [0.3, 0.4) is 0 Å². The Morgan fingerprint density at radius 2 is 2.06 bits per heavy atom. The van der Waals surface area contributed by atoms with E-state index in [-0.39, 0.29) is 5.82 Å². The highest BCUT2D eigenvalue weighted by atomic mass is 19.1. The topological polar surface area (TPSA) is 21.3 Å². The minimum atomic E-state index is -0.0899. The molecule has 0 radical (unpaired) electrons. The van der Waals surface area contributed by atoms with Gasteiger partial charge in [0.15, 0.2) is 0 Å². The van der Waals surface area contributed by atoms with Crippen molar-refractivity contribution < 1.29 is 9.13 Å². The summed E-state index contributed by atoms with van der Waals surface area (Å²) in [6.45, 7) is 6.18. The van der Waals surface area contributed by atoms with E-state index in [0.29, 0.717) is 6.10 Å². The van der Waals surface area contributed by atoms with Gasteiger partial charge in [-0.25, -0.2) is 4.39 Å². The third-order valence-corrected chi connectivity index (χ3v) is 3.22. The summed E-state index contributed by atoms with van der Waals surface area (Å²) < 4.78 is 19.0. The van der Waals surface area contributed by atoms with E-state index >= 15 is 0 Å². The zero-order valence-corrected chi connectivity index (χ0v) is 10.6. The van der Waals surface area contributed by atoms with Crippen molar-refractivity contribution in [1.29, 1.82) is 0 Å². The summed E-state index contributed by atoms with van der Waals surface area (Å²) in [5.74, 6) is -0.0899. The van der Waals surface area contributed by atoms with E-state index in [2.05, 4.69) is 5.32 Å². The van der Waals surface area contributed by atoms with Crippen LogP contribution in [0.4, 0.5) is 4.39 Å². The fourth-order valence-corrected chi connectivity index (χ4v) is 2.32. The van der Waals surface area contributed by atoms with Crippen molar-refractivity contribution >= 4 is 0 Å². The summed E-state index contributed by atoms with van der Waals surface area (Å²) in [4.78, 5) is 0. The SMILES string of the molecule is Cc1cc(CNCC2CCCO2)cc(C)c1F. The van der Waals surface area contributed by atoms with Crippen molar-refractivity contribution in [2.45, 2.75) is 39.3 Å². The second-order valence-electron chi connectivity index (χ2n) is 4.81. The Balaban J connectivity index is 1.86. The number of hydrogen-bond donors (Lipinski definition) is 1. The molecule has 0 aliphatic carbocycles. The van der Waals surface area contributed by atoms with Gasteiger partial charge in [-0.15, -0.1) is 0 Å². The summed E-state index contributed by atoms with van der Waals surface area (Å²) in [7, 11) is 0. The van der Waals surface area contributed by atoms with Gasteiger partial charge in [-0.3, -0.25) is 0 Å². The highest BCUT2D eigenvalue weighted by Gasteiger charge is 2.14. The van der Waals surface area contributed by atoms with Crippen LogP contribution in [0.5, 0.6) is 0 Å². The van der Waals surface area contributed by atoms with Crippen molar-refractivity contribution in [3.8, 4) is 0 Å². The fraction of sp³-hybridized carbons (Fsp3) is 0.571. The Morgan fingerprint density at radius 3 is 2.65 bits per heavy atom. The maximum Gasteiger partial charge on any atom is 0.129 e. The molecule has 1 aromatic rings. The quantitative estimate of drug-likeness (QED) is 0.869. The lowest BCUT2D eigenvalue weighted by Gasteiger charge is -2.12. The molecule has 0 amide bonds. The minimum Gasteiger partial charge on any atom is -0.377 e. The summed E-state index contributed by atoms with van der Waals surface area (Å²) >= 11 is 0. The molecule has 94 valence electrons. The summed E-state index contributed by atoms with van der Waals surface area (Å²) in [5.41, 5.74) is 2.58. The summed E-state index contributed by atoms with van der Waals surface area (Å²) in [6.07, 6.45) is 2.67. The van der Waals surface area contributed by atoms with Gasteiger partial charge >= 0.3 is 0 Å². The van der Waals surface area contributed by atoms with Crippen LogP contribution in [0.2, 0.25) is 0 Å². The number of ether oxygens (including phenoxy) is 1. The molecule has 1 fully saturated rings. The van der Waals surface area contributed by atoms with Gasteiger partial charge in [-0.05, 0) is 43.4 Å². The van der Waals surface area contributed by atoms with Crippen LogP contribution >= 0.6 is 0 Å². The molecule has 2 nitrogen and oxygen atoms in total. The number of aryl methyl sites for hydroxylation is 2. The van der Waals surface area contributed by atoms with Gasteiger partial charge in [-0.2, -0.15) is 0 Å². The largest absolute Gasteiger partial charge is 0.377 e. The molecule has 0 bridgehead atoms. The number of nitrogens with one attached hydrogen (secondary N) is 1. The Labute approximate surface area is 102 Å². The first kappa shape index (κ1) is 12.5. The maximum atomic E-state index is 13.4. The Hall–Kier alpha value is -0.930. The van der Waals surface area contributed by atoms with E-state index in [0.717, 1.165) is 42.8 Å². The van der Waals surface area contributed by atoms with Crippen LogP contribution in [-0.2, 0) is 11.3 Å². The monoisotopic (exact) mass is 237 g/mol.